The summed E-state index contributed by atoms with van der Waals surface area (Å²) in [6.45, 7) is 5.37. The minimum atomic E-state index is -4.07. The molecular formula is C25H34N4O7S. The summed E-state index contributed by atoms with van der Waals surface area (Å²) in [5.41, 5.74) is 0.433. The Bertz CT molecular complexity index is 1200. The molecule has 0 aromatic heterocycles. The van der Waals surface area contributed by atoms with Crippen LogP contribution in [0.5, 0.6) is 5.75 Å². The predicted molar refractivity (Wildman–Crippen MR) is 141 cm³/mol. The molecule has 2 rings (SSSR count). The number of amides is 2. The molecule has 0 aliphatic rings. The topological polar surface area (TPSA) is 139 Å². The van der Waals surface area contributed by atoms with Gasteiger partial charge in [0.05, 0.1) is 18.3 Å². The van der Waals surface area contributed by atoms with E-state index in [1.807, 2.05) is 44.2 Å². The van der Waals surface area contributed by atoms with E-state index in [1.54, 1.807) is 6.92 Å². The molecule has 202 valence electrons. The number of anilines is 1. The number of hydrogen-bond donors (Lipinski definition) is 1. The summed E-state index contributed by atoms with van der Waals surface area (Å²) < 4.78 is 31.5. The molecule has 37 heavy (non-hydrogen) atoms. The SMILES string of the molecule is COc1ccc([N+](=O)[O-])cc1N(CC(=O)N(CCc1ccccc1)[C@H](C)C(=O)NCC(C)C)S(C)(=O)=O. The van der Waals surface area contributed by atoms with Crippen molar-refractivity contribution < 1.29 is 27.7 Å². The molecule has 1 atom stereocenters. The van der Waals surface area contributed by atoms with Crippen molar-refractivity contribution in [3.8, 4) is 5.75 Å². The molecule has 0 aliphatic heterocycles. The Morgan fingerprint density at radius 1 is 1.11 bits per heavy atom. The smallest absolute Gasteiger partial charge is 0.271 e. The van der Waals surface area contributed by atoms with Crippen molar-refractivity contribution in [2.75, 3.05) is 37.3 Å². The zero-order valence-electron chi connectivity index (χ0n) is 21.7. The fourth-order valence-electron chi connectivity index (χ4n) is 3.60. The van der Waals surface area contributed by atoms with Gasteiger partial charge in [-0.3, -0.25) is 24.0 Å². The number of sulfonamides is 1. The highest BCUT2D eigenvalue weighted by Gasteiger charge is 2.31. The largest absolute Gasteiger partial charge is 0.495 e. The number of nitro groups is 1. The number of non-ortho nitro benzene ring substituents is 1. The number of carbonyl (C=O) groups excluding carboxylic acids is 2. The van der Waals surface area contributed by atoms with Gasteiger partial charge in [0.2, 0.25) is 21.8 Å². The van der Waals surface area contributed by atoms with Crippen LogP contribution in [0.4, 0.5) is 11.4 Å². The van der Waals surface area contributed by atoms with Gasteiger partial charge >= 0.3 is 0 Å². The Morgan fingerprint density at radius 2 is 1.76 bits per heavy atom. The first-order chi connectivity index (χ1) is 17.3. The standard InChI is InChI=1S/C25H34N4O7S/c1-18(2)16-26-25(31)19(3)27(14-13-20-9-7-6-8-10-20)24(30)17-28(37(5,34)35)22-15-21(29(32)33)11-12-23(22)36-4/h6-12,15,18-19H,13-14,16-17H2,1-5H3,(H,26,31)/t19-/m1/s1. The van der Waals surface area contributed by atoms with Crippen molar-refractivity contribution in [1.82, 2.24) is 10.2 Å². The highest BCUT2D eigenvalue weighted by atomic mass is 32.2. The van der Waals surface area contributed by atoms with Crippen molar-refractivity contribution in [3.63, 3.8) is 0 Å². The van der Waals surface area contributed by atoms with Gasteiger partial charge in [0.25, 0.3) is 5.69 Å². The molecule has 2 aromatic carbocycles. The second-order valence-corrected chi connectivity index (χ2v) is 10.9. The molecule has 0 saturated heterocycles. The molecule has 0 heterocycles. The monoisotopic (exact) mass is 534 g/mol. The van der Waals surface area contributed by atoms with Crippen LogP contribution in [0.3, 0.4) is 0 Å². The van der Waals surface area contributed by atoms with Gasteiger partial charge in [0.1, 0.15) is 24.0 Å². The molecule has 0 spiro atoms. The zero-order chi connectivity index (χ0) is 27.8. The Labute approximate surface area is 217 Å². The summed E-state index contributed by atoms with van der Waals surface area (Å²) >= 11 is 0. The average molecular weight is 535 g/mol. The molecule has 0 fully saturated rings. The first-order valence-electron chi connectivity index (χ1n) is 11.8. The quantitative estimate of drug-likeness (QED) is 0.308. The lowest BCUT2D eigenvalue weighted by Gasteiger charge is -2.32. The minimum absolute atomic E-state index is 0.0439. The van der Waals surface area contributed by atoms with E-state index in [1.165, 1.54) is 24.1 Å². The summed E-state index contributed by atoms with van der Waals surface area (Å²) in [5, 5.41) is 14.1. The van der Waals surface area contributed by atoms with Gasteiger partial charge in [-0.15, -0.1) is 0 Å². The first kappa shape index (κ1) is 29.6. The van der Waals surface area contributed by atoms with Crippen LogP contribution >= 0.6 is 0 Å². The van der Waals surface area contributed by atoms with Crippen LogP contribution < -0.4 is 14.4 Å². The van der Waals surface area contributed by atoms with Gasteiger partial charge in [-0.05, 0) is 30.9 Å². The van der Waals surface area contributed by atoms with E-state index in [0.29, 0.717) is 13.0 Å². The van der Waals surface area contributed by atoms with Crippen LogP contribution in [0.15, 0.2) is 48.5 Å². The third-order valence-corrected chi connectivity index (χ3v) is 6.78. The van der Waals surface area contributed by atoms with E-state index < -0.39 is 33.4 Å². The van der Waals surface area contributed by atoms with E-state index in [2.05, 4.69) is 5.32 Å². The van der Waals surface area contributed by atoms with Gasteiger partial charge in [-0.2, -0.15) is 0 Å². The van der Waals surface area contributed by atoms with Gasteiger partial charge in [-0.25, -0.2) is 8.42 Å². The molecule has 0 bridgehead atoms. The Hall–Kier alpha value is -3.67. The number of hydrogen-bond acceptors (Lipinski definition) is 7. The summed E-state index contributed by atoms with van der Waals surface area (Å²) in [6, 6.07) is 12.0. The number of benzene rings is 2. The van der Waals surface area contributed by atoms with Crippen molar-refractivity contribution in [2.24, 2.45) is 5.92 Å². The van der Waals surface area contributed by atoms with Crippen LogP contribution in [0.25, 0.3) is 0 Å². The fourth-order valence-corrected chi connectivity index (χ4v) is 4.45. The molecule has 1 N–H and O–H groups in total. The van der Waals surface area contributed by atoms with Crippen LogP contribution in [0.2, 0.25) is 0 Å². The summed E-state index contributed by atoms with van der Waals surface area (Å²) in [7, 11) is -2.78. The average Bonchev–Trinajstić information content (AvgIpc) is 2.85. The van der Waals surface area contributed by atoms with Crippen molar-refractivity contribution >= 4 is 33.2 Å². The van der Waals surface area contributed by atoms with Crippen LogP contribution in [-0.4, -0.2) is 69.1 Å². The highest BCUT2D eigenvalue weighted by Crippen LogP contribution is 2.33. The molecule has 12 heteroatoms. The van der Waals surface area contributed by atoms with E-state index in [4.69, 9.17) is 4.74 Å². The number of nitrogens with zero attached hydrogens (tertiary/aromatic N) is 3. The van der Waals surface area contributed by atoms with E-state index in [9.17, 15) is 28.1 Å². The predicted octanol–water partition coefficient (Wildman–Crippen LogP) is 2.60. The molecule has 0 radical (unpaired) electrons. The lowest BCUT2D eigenvalue weighted by Crippen LogP contribution is -2.52. The Morgan fingerprint density at radius 3 is 2.30 bits per heavy atom. The second-order valence-electron chi connectivity index (χ2n) is 9.02. The third-order valence-electron chi connectivity index (χ3n) is 5.66. The third kappa shape index (κ3) is 8.45. The molecular weight excluding hydrogens is 500 g/mol. The maximum atomic E-state index is 13.6. The van der Waals surface area contributed by atoms with E-state index >= 15 is 0 Å². The van der Waals surface area contributed by atoms with Crippen LogP contribution in [0.1, 0.15) is 26.3 Å². The maximum Gasteiger partial charge on any atom is 0.271 e. The van der Waals surface area contributed by atoms with Crippen molar-refractivity contribution in [3.05, 3.63) is 64.2 Å². The van der Waals surface area contributed by atoms with E-state index in [0.717, 1.165) is 22.2 Å². The van der Waals surface area contributed by atoms with Gasteiger partial charge in [0.15, 0.2) is 0 Å². The second kappa shape index (κ2) is 13.0. The maximum absolute atomic E-state index is 13.6. The first-order valence-corrected chi connectivity index (χ1v) is 13.6. The highest BCUT2D eigenvalue weighted by molar-refractivity contribution is 7.92. The van der Waals surface area contributed by atoms with Gasteiger partial charge in [-0.1, -0.05) is 44.2 Å². The lowest BCUT2D eigenvalue weighted by atomic mass is 10.1. The van der Waals surface area contributed by atoms with Crippen LogP contribution in [-0.2, 0) is 26.0 Å². The number of rotatable bonds is 13. The molecule has 0 unspecified atom stereocenters. The normalized spacial score (nSPS) is 12.1. The number of carbonyl (C=O) groups is 2. The number of nitro benzene ring substituents is 1. The summed E-state index contributed by atoms with van der Waals surface area (Å²) in [4.78, 5) is 38.4. The summed E-state index contributed by atoms with van der Waals surface area (Å²) in [6.07, 6.45) is 1.33. The Balaban J connectivity index is 2.42. The fraction of sp³-hybridized carbons (Fsp3) is 0.440. The van der Waals surface area contributed by atoms with Gasteiger partial charge < -0.3 is 15.0 Å². The molecule has 2 amide bonds. The van der Waals surface area contributed by atoms with Gasteiger partial charge in [0, 0.05) is 25.2 Å². The van der Waals surface area contributed by atoms with Crippen molar-refractivity contribution in [1.29, 1.82) is 0 Å². The van der Waals surface area contributed by atoms with Crippen LogP contribution in [0, 0.1) is 16.0 Å². The minimum Gasteiger partial charge on any atom is -0.495 e. The lowest BCUT2D eigenvalue weighted by molar-refractivity contribution is -0.384. The number of nitrogens with one attached hydrogen (secondary N) is 1. The molecule has 2 aromatic rings. The van der Waals surface area contributed by atoms with Crippen molar-refractivity contribution in [2.45, 2.75) is 33.2 Å². The Kier molecular flexibility index (Phi) is 10.4. The molecule has 0 saturated carbocycles. The summed E-state index contributed by atoms with van der Waals surface area (Å²) in [5.74, 6) is -0.759. The molecule has 11 nitrogen and oxygen atoms in total. The zero-order valence-corrected chi connectivity index (χ0v) is 22.5. The van der Waals surface area contributed by atoms with E-state index in [-0.39, 0.29) is 35.5 Å². The number of ether oxygens (including phenoxy) is 1. The number of methoxy groups -OCH3 is 1. The molecule has 0 aliphatic carbocycles.